The number of fused-ring (bicyclic) bond motifs is 8. The molecule has 5 heterocycles. The van der Waals surface area contributed by atoms with E-state index in [0.717, 1.165) is 93.5 Å². The molecule has 1 radical (unpaired) electrons. The predicted octanol–water partition coefficient (Wildman–Crippen LogP) is 15.8. The van der Waals surface area contributed by atoms with Gasteiger partial charge in [-0.15, -0.1) is 22.1 Å². The number of carbonyl (C=O) groups excluding carboxylic acids is 4. The van der Waals surface area contributed by atoms with Crippen molar-refractivity contribution >= 4 is 75.2 Å². The summed E-state index contributed by atoms with van der Waals surface area (Å²) in [5.74, 6) is 2.25. The number of nitrogens with one attached hydrogen (secondary N) is 1. The van der Waals surface area contributed by atoms with E-state index in [9.17, 15) is 19.2 Å². The Kier molecular flexibility index (Phi) is 22.5. The third-order valence-electron chi connectivity index (χ3n) is 14.6. The topological polar surface area (TPSA) is 162 Å². The average Bonchev–Trinajstić information content (AvgIpc) is 4.57. The molecule has 3 aromatic heterocycles. The number of nitrogens with zero attached hydrogens (tertiary/aromatic N) is 4. The van der Waals surface area contributed by atoms with Crippen LogP contribution < -0.4 is 29.5 Å². The van der Waals surface area contributed by atoms with E-state index in [4.69, 9.17) is 34.1 Å². The molecule has 0 saturated carbocycles. The number of allylic oxidation sites excluding steroid dienone is 4. The maximum Gasteiger partial charge on any atom is 2.00 e. The van der Waals surface area contributed by atoms with Gasteiger partial charge in [0.1, 0.15) is 17.2 Å². The number of hydrogen-bond donors (Lipinski definition) is 1. The maximum absolute atomic E-state index is 11.8. The summed E-state index contributed by atoms with van der Waals surface area (Å²) < 4.78 is 18.5. The molecule has 0 atom stereocenters. The van der Waals surface area contributed by atoms with E-state index in [0.29, 0.717) is 122 Å². The van der Waals surface area contributed by atoms with Crippen LogP contribution in [0.2, 0.25) is 0 Å². The second-order valence-corrected chi connectivity index (χ2v) is 20.5. The number of ether oxygens (including phenoxy) is 3. The van der Waals surface area contributed by atoms with Crippen LogP contribution in [0.15, 0.2) is 172 Å². The molecule has 13 heteroatoms. The van der Waals surface area contributed by atoms with E-state index in [1.807, 2.05) is 121 Å². The minimum atomic E-state index is 0. The van der Waals surface area contributed by atoms with Crippen LogP contribution in [0.1, 0.15) is 99.8 Å². The van der Waals surface area contributed by atoms with Crippen LogP contribution in [0.4, 0.5) is 5.69 Å². The maximum atomic E-state index is 11.8. The Balaban J connectivity index is 0.00000940. The zero-order valence-electron chi connectivity index (χ0n) is 47.8. The fourth-order valence-electron chi connectivity index (χ4n) is 10.0. The van der Waals surface area contributed by atoms with Crippen LogP contribution in [0, 0.1) is 0 Å². The molecule has 0 unspecified atom stereocenters. The number of aromatic nitrogens is 4. The number of hydrogen-bond acceptors (Lipinski definition) is 10. The monoisotopic (exact) mass is 1170 g/mol. The van der Waals surface area contributed by atoms with Crippen LogP contribution in [0.5, 0.6) is 17.2 Å². The van der Waals surface area contributed by atoms with Crippen molar-refractivity contribution in [1.29, 1.82) is 0 Å². The molecular formula is C72H69CoN5O7. The summed E-state index contributed by atoms with van der Waals surface area (Å²) in [6.07, 6.45) is 21.4. The van der Waals surface area contributed by atoms with Crippen LogP contribution in [-0.2, 0) is 36.0 Å². The van der Waals surface area contributed by atoms with Crippen molar-refractivity contribution in [2.24, 2.45) is 0 Å². The molecule has 12 nitrogen and oxygen atoms in total. The molecule has 0 saturated heterocycles. The Labute approximate surface area is 507 Å². The Hall–Kier alpha value is -9.17. The average molecular weight is 1180 g/mol. The van der Waals surface area contributed by atoms with Crippen molar-refractivity contribution in [2.75, 3.05) is 31.7 Å². The van der Waals surface area contributed by atoms with E-state index >= 15 is 0 Å². The largest absolute Gasteiger partial charge is 2.00 e. The summed E-state index contributed by atoms with van der Waals surface area (Å²) in [6, 6.07) is 40.3. The summed E-state index contributed by atoms with van der Waals surface area (Å²) in [5.41, 5.74) is 13.5. The number of carbonyl (C=O) groups is 4. The van der Waals surface area contributed by atoms with Crippen LogP contribution in [-0.4, -0.2) is 59.5 Å². The van der Waals surface area contributed by atoms with Crippen molar-refractivity contribution in [1.82, 2.24) is 19.9 Å². The molecule has 9 rings (SSSR count). The van der Waals surface area contributed by atoms with Crippen molar-refractivity contribution in [3.05, 3.63) is 195 Å². The predicted molar refractivity (Wildman–Crippen MR) is 340 cm³/mol. The normalized spacial score (nSPS) is 11.3. The standard InChI is InChI=1S/C72H69N5O7.Co/c1-5-54(78)17-9-13-45-73-53-29-21-49(22-30-53)69-61-37-39-63(74-61)70(50-23-31-58(32-24-50)82-46-14-10-18-55(79)6-2)65-41-43-67(76-65)72(52-27-35-60(36-28-52)84-48-16-12-20-57(81)8-4)68-44-42-66(77-68)71(64-40-38-62(69)75-64)51-25-33-59(34-26-51)83-47-15-11-19-56(80)7-3;/h5-8,21-44H,1-4,9-20,45-48H2,(H-2,73,74,75,76,77);/q-2;+2. The summed E-state index contributed by atoms with van der Waals surface area (Å²) >= 11 is 0. The van der Waals surface area contributed by atoms with E-state index in [1.165, 1.54) is 24.3 Å². The first-order valence-electron chi connectivity index (χ1n) is 28.8. The second kappa shape index (κ2) is 30.9. The number of anilines is 1. The molecule has 85 heavy (non-hydrogen) atoms. The Bertz CT molecular complexity index is 3290. The zero-order chi connectivity index (χ0) is 58.6. The molecule has 0 amide bonds. The molecule has 7 aromatic rings. The van der Waals surface area contributed by atoms with Gasteiger partial charge in [-0.2, -0.15) is 0 Å². The van der Waals surface area contributed by atoms with Gasteiger partial charge in [-0.05, 0) is 193 Å². The van der Waals surface area contributed by atoms with Gasteiger partial charge in [-0.3, -0.25) is 19.2 Å². The van der Waals surface area contributed by atoms with Gasteiger partial charge in [0.05, 0.1) is 42.6 Å². The number of ketones is 4. The molecule has 0 fully saturated rings. The number of unbranched alkanes of at least 4 members (excludes halogenated alkanes) is 4. The van der Waals surface area contributed by atoms with Crippen molar-refractivity contribution in [2.45, 2.75) is 77.0 Å². The smallest absolute Gasteiger partial charge is 0.657 e. The van der Waals surface area contributed by atoms with Crippen LogP contribution in [0.3, 0.4) is 0 Å². The minimum absolute atomic E-state index is 0. The zero-order valence-corrected chi connectivity index (χ0v) is 48.8. The third-order valence-corrected chi connectivity index (χ3v) is 14.6. The summed E-state index contributed by atoms with van der Waals surface area (Å²) in [7, 11) is 0. The van der Waals surface area contributed by atoms with Crippen LogP contribution >= 0.6 is 0 Å². The van der Waals surface area contributed by atoms with E-state index in [1.54, 1.807) is 0 Å². The third kappa shape index (κ3) is 16.6. The van der Waals surface area contributed by atoms with Gasteiger partial charge in [-0.1, -0.05) is 99.1 Å². The van der Waals surface area contributed by atoms with E-state index in [-0.39, 0.29) is 39.9 Å². The molecule has 433 valence electrons. The van der Waals surface area contributed by atoms with Gasteiger partial charge >= 0.3 is 16.8 Å². The Morgan fingerprint density at radius 1 is 0.376 bits per heavy atom. The van der Waals surface area contributed by atoms with Gasteiger partial charge in [0, 0.05) is 37.9 Å². The quantitative estimate of drug-likeness (QED) is 0.0314. The van der Waals surface area contributed by atoms with Gasteiger partial charge < -0.3 is 29.5 Å². The minimum Gasteiger partial charge on any atom is -0.657 e. The SMILES string of the molecule is C=CC(=O)CCCCNc1ccc(-c2c3nc(c(-c4ccc(OCCCCC(=O)C=C)cc4)c4ccc([n-]4)c(-c4ccc(OCCCCC(=O)C=C)cc4)c4nc(c(-c5ccc(OCCCCC(=O)C=C)cc5)c5ccc2[n-]5)C=C4)C=C3)cc1.[Co+2]. The van der Waals surface area contributed by atoms with E-state index < -0.39 is 0 Å². The fraction of sp³-hybridized carbons (Fsp3) is 0.222. The molecule has 0 spiro atoms. The van der Waals surface area contributed by atoms with Gasteiger partial charge in [0.15, 0.2) is 23.1 Å². The number of rotatable bonds is 32. The van der Waals surface area contributed by atoms with Crippen molar-refractivity contribution in [3.63, 3.8) is 0 Å². The molecular weight excluding hydrogens is 1110 g/mol. The van der Waals surface area contributed by atoms with Crippen molar-refractivity contribution in [3.8, 4) is 61.8 Å². The first-order chi connectivity index (χ1) is 41.1. The first kappa shape index (κ1) is 61.9. The fourth-order valence-corrected chi connectivity index (χ4v) is 10.0. The Morgan fingerprint density at radius 3 is 0.929 bits per heavy atom. The van der Waals surface area contributed by atoms with Crippen molar-refractivity contribution < 1.29 is 50.2 Å². The number of benzene rings is 4. The summed E-state index contributed by atoms with van der Waals surface area (Å²) in [6.45, 7) is 16.5. The second-order valence-electron chi connectivity index (χ2n) is 20.5. The Morgan fingerprint density at radius 2 is 0.647 bits per heavy atom. The van der Waals surface area contributed by atoms with Crippen LogP contribution in [0.25, 0.3) is 90.9 Å². The summed E-state index contributed by atoms with van der Waals surface area (Å²) in [4.78, 5) is 69.1. The molecule has 2 aliphatic heterocycles. The molecule has 8 bridgehead atoms. The first-order valence-corrected chi connectivity index (χ1v) is 28.8. The van der Waals surface area contributed by atoms with Gasteiger partial charge in [0.2, 0.25) is 0 Å². The summed E-state index contributed by atoms with van der Waals surface area (Å²) in [5, 5.41) is 3.52. The van der Waals surface area contributed by atoms with E-state index in [2.05, 4.69) is 55.9 Å². The van der Waals surface area contributed by atoms with Gasteiger partial charge in [0.25, 0.3) is 0 Å². The molecule has 4 aromatic carbocycles. The molecule has 1 N–H and O–H groups in total. The molecule has 0 aliphatic carbocycles. The van der Waals surface area contributed by atoms with Gasteiger partial charge in [-0.25, -0.2) is 9.97 Å². The molecule has 2 aliphatic rings.